The summed E-state index contributed by atoms with van der Waals surface area (Å²) in [5, 5.41) is 0. The molecule has 82 valence electrons. The first-order chi connectivity index (χ1) is 7.19. The molecule has 0 aliphatic carbocycles. The molecule has 0 saturated heterocycles. The zero-order valence-corrected chi connectivity index (χ0v) is 9.47. The zero-order valence-electron chi connectivity index (χ0n) is 9.47. The molecule has 0 spiro atoms. The van der Waals surface area contributed by atoms with E-state index in [1.54, 1.807) is 12.4 Å². The molecule has 0 atom stereocenters. The molecule has 1 rings (SSSR count). The van der Waals surface area contributed by atoms with E-state index < -0.39 is 0 Å². The summed E-state index contributed by atoms with van der Waals surface area (Å²) in [4.78, 5) is 20.9. The first-order valence-electron chi connectivity index (χ1n) is 5.23. The quantitative estimate of drug-likeness (QED) is 0.692. The molecule has 0 saturated carbocycles. The van der Waals surface area contributed by atoms with E-state index in [0.717, 1.165) is 19.3 Å². The van der Waals surface area contributed by atoms with Gasteiger partial charge < -0.3 is 4.90 Å². The minimum Gasteiger partial charge on any atom is -0.338 e. The molecule has 1 aromatic heterocycles. The Balaban J connectivity index is 2.86. The van der Waals surface area contributed by atoms with Crippen LogP contribution in [0.4, 0.5) is 5.95 Å². The Bertz CT molecular complexity index is 308. The van der Waals surface area contributed by atoms with Gasteiger partial charge in [-0.05, 0) is 20.3 Å². The van der Waals surface area contributed by atoms with Gasteiger partial charge in [0.2, 0.25) is 5.95 Å². The molecule has 4 nitrogen and oxygen atoms in total. The minimum absolute atomic E-state index is 0.368. The summed E-state index contributed by atoms with van der Waals surface area (Å²) in [6, 6.07) is 0.368. The molecule has 0 aliphatic rings. The molecule has 1 heterocycles. The maximum absolute atomic E-state index is 10.5. The van der Waals surface area contributed by atoms with Crippen LogP contribution in [0, 0.1) is 0 Å². The average Bonchev–Trinajstić information content (AvgIpc) is 2.26. The van der Waals surface area contributed by atoms with Crippen molar-refractivity contribution in [2.75, 3.05) is 11.4 Å². The molecule has 0 unspecified atom stereocenters. The molecule has 1 aromatic rings. The molecule has 0 fully saturated rings. The summed E-state index contributed by atoms with van der Waals surface area (Å²) in [7, 11) is 0. The van der Waals surface area contributed by atoms with Crippen LogP contribution < -0.4 is 4.90 Å². The van der Waals surface area contributed by atoms with E-state index in [9.17, 15) is 4.79 Å². The van der Waals surface area contributed by atoms with Crippen LogP contribution in [0.3, 0.4) is 0 Å². The van der Waals surface area contributed by atoms with Gasteiger partial charge in [0, 0.05) is 25.0 Å². The number of anilines is 1. The van der Waals surface area contributed by atoms with E-state index >= 15 is 0 Å². The fraction of sp³-hybridized carbons (Fsp3) is 0.545. The zero-order chi connectivity index (χ0) is 11.3. The lowest BCUT2D eigenvalue weighted by Crippen LogP contribution is -2.32. The summed E-state index contributed by atoms with van der Waals surface area (Å²) in [5.74, 6) is 0.692. The molecule has 0 aliphatic heterocycles. The average molecular weight is 207 g/mol. The summed E-state index contributed by atoms with van der Waals surface area (Å²) < 4.78 is 0. The van der Waals surface area contributed by atoms with Gasteiger partial charge in [-0.3, -0.25) is 4.79 Å². The third-order valence-electron chi connectivity index (χ3n) is 2.14. The molecule has 0 N–H and O–H groups in total. The largest absolute Gasteiger partial charge is 0.338 e. The van der Waals surface area contributed by atoms with E-state index in [2.05, 4.69) is 35.6 Å². The smallest absolute Gasteiger partial charge is 0.225 e. The van der Waals surface area contributed by atoms with E-state index in [1.165, 1.54) is 0 Å². The van der Waals surface area contributed by atoms with Gasteiger partial charge in [0.1, 0.15) is 0 Å². The first-order valence-corrected chi connectivity index (χ1v) is 5.23. The summed E-state index contributed by atoms with van der Waals surface area (Å²) in [6.07, 6.45) is 4.92. The normalized spacial score (nSPS) is 10.4. The molecule has 0 bridgehead atoms. The van der Waals surface area contributed by atoms with Crippen LogP contribution in [0.5, 0.6) is 0 Å². The number of aldehydes is 1. The van der Waals surface area contributed by atoms with Gasteiger partial charge in [-0.15, -0.1) is 0 Å². The number of carbonyl (C=O) groups excluding carboxylic acids is 1. The predicted molar refractivity (Wildman–Crippen MR) is 60.2 cm³/mol. The van der Waals surface area contributed by atoms with Crippen molar-refractivity contribution in [3.63, 3.8) is 0 Å². The fourth-order valence-electron chi connectivity index (χ4n) is 1.37. The summed E-state index contributed by atoms with van der Waals surface area (Å²) in [6.45, 7) is 7.26. The van der Waals surface area contributed by atoms with Crippen molar-refractivity contribution in [2.45, 2.75) is 33.2 Å². The number of rotatable bonds is 5. The Morgan fingerprint density at radius 3 is 2.40 bits per heavy atom. The molecule has 0 aromatic carbocycles. The fourth-order valence-corrected chi connectivity index (χ4v) is 1.37. The molecule has 15 heavy (non-hydrogen) atoms. The third kappa shape index (κ3) is 3.01. The number of carbonyl (C=O) groups is 1. The second kappa shape index (κ2) is 5.44. The van der Waals surface area contributed by atoms with E-state index in [4.69, 9.17) is 0 Å². The Morgan fingerprint density at radius 2 is 2.00 bits per heavy atom. The molecule has 4 heteroatoms. The molecular formula is C11H17N3O. The standard InChI is InChI=1S/C11H17N3O/c1-4-5-14(9(2)3)11-12-6-10(8-15)7-13-11/h6-9H,4-5H2,1-3H3. The lowest BCUT2D eigenvalue weighted by Gasteiger charge is -2.25. The highest BCUT2D eigenvalue weighted by molar-refractivity contribution is 5.73. The Morgan fingerprint density at radius 1 is 1.40 bits per heavy atom. The highest BCUT2D eigenvalue weighted by atomic mass is 16.1. The monoisotopic (exact) mass is 207 g/mol. The molecule has 0 amide bonds. The van der Waals surface area contributed by atoms with Crippen molar-refractivity contribution in [2.24, 2.45) is 0 Å². The highest BCUT2D eigenvalue weighted by Crippen LogP contribution is 2.10. The summed E-state index contributed by atoms with van der Waals surface area (Å²) >= 11 is 0. The number of hydrogen-bond donors (Lipinski definition) is 0. The van der Waals surface area contributed by atoms with Gasteiger partial charge in [-0.25, -0.2) is 9.97 Å². The van der Waals surface area contributed by atoms with Crippen LogP contribution in [0.25, 0.3) is 0 Å². The van der Waals surface area contributed by atoms with Gasteiger partial charge in [-0.2, -0.15) is 0 Å². The van der Waals surface area contributed by atoms with Crippen LogP contribution in [0.1, 0.15) is 37.6 Å². The van der Waals surface area contributed by atoms with Crippen LogP contribution in [-0.4, -0.2) is 28.8 Å². The number of aromatic nitrogens is 2. The highest BCUT2D eigenvalue weighted by Gasteiger charge is 2.11. The van der Waals surface area contributed by atoms with Crippen molar-refractivity contribution in [3.8, 4) is 0 Å². The number of hydrogen-bond acceptors (Lipinski definition) is 4. The SMILES string of the molecule is CCCN(c1ncc(C=O)cn1)C(C)C. The topological polar surface area (TPSA) is 46.1 Å². The Hall–Kier alpha value is -1.45. The van der Waals surface area contributed by atoms with Gasteiger partial charge in [0.05, 0.1) is 5.56 Å². The van der Waals surface area contributed by atoms with Crippen LogP contribution in [0.15, 0.2) is 12.4 Å². The van der Waals surface area contributed by atoms with Crippen molar-refractivity contribution < 1.29 is 4.79 Å². The molecule has 0 radical (unpaired) electrons. The third-order valence-corrected chi connectivity index (χ3v) is 2.14. The molecular weight excluding hydrogens is 190 g/mol. The van der Waals surface area contributed by atoms with Gasteiger partial charge >= 0.3 is 0 Å². The van der Waals surface area contributed by atoms with Gasteiger partial charge in [0.15, 0.2) is 6.29 Å². The van der Waals surface area contributed by atoms with Crippen molar-refractivity contribution in [1.82, 2.24) is 9.97 Å². The maximum Gasteiger partial charge on any atom is 0.225 e. The lowest BCUT2D eigenvalue weighted by molar-refractivity contribution is 0.112. The number of nitrogens with zero attached hydrogens (tertiary/aromatic N) is 3. The van der Waals surface area contributed by atoms with Crippen LogP contribution in [-0.2, 0) is 0 Å². The Labute approximate surface area is 90.3 Å². The van der Waals surface area contributed by atoms with Crippen LogP contribution in [0.2, 0.25) is 0 Å². The van der Waals surface area contributed by atoms with Crippen LogP contribution >= 0.6 is 0 Å². The summed E-state index contributed by atoms with van der Waals surface area (Å²) in [5.41, 5.74) is 0.513. The lowest BCUT2D eigenvalue weighted by atomic mass is 10.3. The van der Waals surface area contributed by atoms with Crippen molar-refractivity contribution >= 4 is 12.2 Å². The first kappa shape index (κ1) is 11.6. The predicted octanol–water partition coefficient (Wildman–Crippen LogP) is 1.91. The van der Waals surface area contributed by atoms with E-state index in [1.807, 2.05) is 0 Å². The van der Waals surface area contributed by atoms with Crippen molar-refractivity contribution in [3.05, 3.63) is 18.0 Å². The minimum atomic E-state index is 0.368. The second-order valence-corrected chi connectivity index (χ2v) is 3.72. The second-order valence-electron chi connectivity index (χ2n) is 3.72. The van der Waals surface area contributed by atoms with E-state index in [-0.39, 0.29) is 0 Å². The van der Waals surface area contributed by atoms with Gasteiger partial charge in [0.25, 0.3) is 0 Å². The van der Waals surface area contributed by atoms with E-state index in [0.29, 0.717) is 17.6 Å². The Kier molecular flexibility index (Phi) is 4.21. The van der Waals surface area contributed by atoms with Gasteiger partial charge in [-0.1, -0.05) is 6.92 Å². The van der Waals surface area contributed by atoms with Crippen molar-refractivity contribution in [1.29, 1.82) is 0 Å². The maximum atomic E-state index is 10.5.